The molecule has 5 rings (SSSR count). The molecule has 4 saturated carbocycles. The van der Waals surface area contributed by atoms with E-state index in [2.05, 4.69) is 9.55 Å². The molecule has 1 aromatic heterocycles. The Morgan fingerprint density at radius 2 is 1.79 bits per heavy atom. The molecule has 0 atom stereocenters. The molecule has 0 saturated heterocycles. The van der Waals surface area contributed by atoms with Crippen LogP contribution in [0.4, 0.5) is 0 Å². The monoisotopic (exact) mass is 260 g/mol. The fraction of sp³-hybridized carbons (Fsp3) is 0.733. The van der Waals surface area contributed by atoms with Crippen LogP contribution in [0, 0.1) is 24.7 Å². The first kappa shape index (κ1) is 11.5. The van der Waals surface area contributed by atoms with Gasteiger partial charge in [0.2, 0.25) is 0 Å². The van der Waals surface area contributed by atoms with Crippen LogP contribution in [0.5, 0.6) is 0 Å². The van der Waals surface area contributed by atoms with Gasteiger partial charge >= 0.3 is 5.97 Å². The quantitative estimate of drug-likeness (QED) is 0.889. The Morgan fingerprint density at radius 1 is 1.26 bits per heavy atom. The SMILES string of the molecule is Cc1c(C(=O)O)ncn1C12CC3CC(CC(C3)C1)C2. The molecule has 0 unspecified atom stereocenters. The highest BCUT2D eigenvalue weighted by Crippen LogP contribution is 2.59. The molecule has 0 spiro atoms. The molecule has 4 aliphatic carbocycles. The van der Waals surface area contributed by atoms with Crippen molar-refractivity contribution >= 4 is 5.97 Å². The lowest BCUT2D eigenvalue weighted by atomic mass is 9.53. The van der Waals surface area contributed by atoms with E-state index in [0.29, 0.717) is 0 Å². The van der Waals surface area contributed by atoms with Crippen LogP contribution < -0.4 is 0 Å². The van der Waals surface area contributed by atoms with Crippen molar-refractivity contribution in [3.8, 4) is 0 Å². The van der Waals surface area contributed by atoms with Gasteiger partial charge in [-0.05, 0) is 63.2 Å². The molecule has 102 valence electrons. The second-order valence-corrected chi connectivity index (χ2v) is 7.00. The summed E-state index contributed by atoms with van der Waals surface area (Å²) in [5.41, 5.74) is 1.25. The number of nitrogens with zero attached hydrogens (tertiary/aromatic N) is 2. The summed E-state index contributed by atoms with van der Waals surface area (Å²) in [6.07, 6.45) is 9.68. The summed E-state index contributed by atoms with van der Waals surface area (Å²) in [7, 11) is 0. The van der Waals surface area contributed by atoms with E-state index < -0.39 is 5.97 Å². The van der Waals surface area contributed by atoms with E-state index >= 15 is 0 Å². The third-order valence-corrected chi connectivity index (χ3v) is 5.73. The number of aromatic nitrogens is 2. The van der Waals surface area contributed by atoms with Gasteiger partial charge in [-0.3, -0.25) is 0 Å². The topological polar surface area (TPSA) is 55.1 Å². The Bertz CT molecular complexity index is 511. The van der Waals surface area contributed by atoms with Gasteiger partial charge < -0.3 is 9.67 Å². The zero-order valence-corrected chi connectivity index (χ0v) is 11.3. The van der Waals surface area contributed by atoms with Gasteiger partial charge in [-0.25, -0.2) is 9.78 Å². The van der Waals surface area contributed by atoms with Crippen LogP contribution in [0.25, 0.3) is 0 Å². The largest absolute Gasteiger partial charge is 0.476 e. The van der Waals surface area contributed by atoms with Crippen molar-refractivity contribution in [2.75, 3.05) is 0 Å². The number of aromatic carboxylic acids is 1. The minimum absolute atomic E-state index is 0.180. The Balaban J connectivity index is 1.77. The van der Waals surface area contributed by atoms with E-state index in [9.17, 15) is 9.90 Å². The maximum atomic E-state index is 11.2. The minimum atomic E-state index is -0.902. The van der Waals surface area contributed by atoms with Gasteiger partial charge in [-0.2, -0.15) is 0 Å². The molecule has 1 N–H and O–H groups in total. The molecule has 4 nitrogen and oxygen atoms in total. The molecule has 4 fully saturated rings. The van der Waals surface area contributed by atoms with Gasteiger partial charge in [0.15, 0.2) is 5.69 Å². The van der Waals surface area contributed by atoms with E-state index in [1.54, 1.807) is 6.33 Å². The first-order chi connectivity index (χ1) is 9.07. The standard InChI is InChI=1S/C15H20N2O2/c1-9-13(14(18)19)16-8-17(9)15-5-10-2-11(6-15)4-12(3-10)7-15/h8,10-12H,2-7H2,1H3,(H,18,19). The van der Waals surface area contributed by atoms with Crippen molar-refractivity contribution in [2.45, 2.75) is 51.0 Å². The number of carboxylic acids is 1. The maximum Gasteiger partial charge on any atom is 0.356 e. The predicted molar refractivity (Wildman–Crippen MR) is 70.1 cm³/mol. The summed E-state index contributed by atoms with van der Waals surface area (Å²) < 4.78 is 2.21. The van der Waals surface area contributed by atoms with E-state index in [4.69, 9.17) is 0 Å². The van der Waals surface area contributed by atoms with Crippen LogP contribution in [0.3, 0.4) is 0 Å². The third kappa shape index (κ3) is 1.52. The summed E-state index contributed by atoms with van der Waals surface area (Å²) in [4.78, 5) is 15.3. The van der Waals surface area contributed by atoms with Crippen molar-refractivity contribution in [1.29, 1.82) is 0 Å². The average Bonchev–Trinajstić information content (AvgIpc) is 2.69. The van der Waals surface area contributed by atoms with Gasteiger partial charge in [-0.1, -0.05) is 0 Å². The van der Waals surface area contributed by atoms with Crippen LogP contribution in [0.2, 0.25) is 0 Å². The van der Waals surface area contributed by atoms with Crippen molar-refractivity contribution in [3.63, 3.8) is 0 Å². The normalized spacial score (nSPS) is 39.7. The number of carboxylic acid groups (broad SMARTS) is 1. The fourth-order valence-corrected chi connectivity index (χ4v) is 5.46. The Morgan fingerprint density at radius 3 is 2.21 bits per heavy atom. The van der Waals surface area contributed by atoms with Crippen LogP contribution in [0.1, 0.15) is 54.7 Å². The molecule has 1 heterocycles. The molecule has 19 heavy (non-hydrogen) atoms. The summed E-state index contributed by atoms with van der Waals surface area (Å²) in [5, 5.41) is 9.18. The zero-order valence-electron chi connectivity index (χ0n) is 11.3. The van der Waals surface area contributed by atoms with E-state index in [1.807, 2.05) is 6.92 Å². The Hall–Kier alpha value is -1.32. The highest BCUT2D eigenvalue weighted by atomic mass is 16.4. The molecule has 4 heteroatoms. The van der Waals surface area contributed by atoms with Gasteiger partial charge in [0, 0.05) is 11.2 Å². The molecular formula is C15H20N2O2. The summed E-state index contributed by atoms with van der Waals surface area (Å²) in [6.45, 7) is 1.91. The van der Waals surface area contributed by atoms with Crippen LogP contribution in [0.15, 0.2) is 6.33 Å². The molecule has 0 amide bonds. The van der Waals surface area contributed by atoms with Crippen molar-refractivity contribution in [2.24, 2.45) is 17.8 Å². The highest BCUT2D eigenvalue weighted by Gasteiger charge is 2.52. The van der Waals surface area contributed by atoms with Crippen molar-refractivity contribution in [1.82, 2.24) is 9.55 Å². The molecule has 4 aliphatic rings. The first-order valence-corrected chi connectivity index (χ1v) is 7.35. The summed E-state index contributed by atoms with van der Waals surface area (Å²) in [5.74, 6) is 1.69. The third-order valence-electron chi connectivity index (χ3n) is 5.73. The summed E-state index contributed by atoms with van der Waals surface area (Å²) in [6, 6.07) is 0. The van der Waals surface area contributed by atoms with Crippen LogP contribution in [-0.2, 0) is 5.54 Å². The van der Waals surface area contributed by atoms with E-state index in [0.717, 1.165) is 23.4 Å². The first-order valence-electron chi connectivity index (χ1n) is 7.35. The predicted octanol–water partition coefficient (Wildman–Crippen LogP) is 2.82. The number of hydrogen-bond acceptors (Lipinski definition) is 2. The molecular weight excluding hydrogens is 240 g/mol. The highest BCUT2D eigenvalue weighted by molar-refractivity contribution is 5.86. The van der Waals surface area contributed by atoms with Gasteiger partial charge in [0.1, 0.15) is 0 Å². The van der Waals surface area contributed by atoms with E-state index in [1.165, 1.54) is 38.5 Å². The number of rotatable bonds is 2. The zero-order chi connectivity index (χ0) is 13.2. The van der Waals surface area contributed by atoms with Crippen molar-refractivity contribution < 1.29 is 9.90 Å². The average molecular weight is 260 g/mol. The molecule has 4 bridgehead atoms. The molecule has 0 radical (unpaired) electrons. The van der Waals surface area contributed by atoms with Crippen molar-refractivity contribution in [3.05, 3.63) is 17.7 Å². The smallest absolute Gasteiger partial charge is 0.356 e. The lowest BCUT2D eigenvalue weighted by molar-refractivity contribution is -0.0440. The van der Waals surface area contributed by atoms with Gasteiger partial charge in [0.05, 0.1) is 6.33 Å². The lowest BCUT2D eigenvalue weighted by Crippen LogP contribution is -2.52. The van der Waals surface area contributed by atoms with E-state index in [-0.39, 0.29) is 11.2 Å². The molecule has 0 aromatic carbocycles. The number of carbonyl (C=O) groups is 1. The van der Waals surface area contributed by atoms with Crippen LogP contribution >= 0.6 is 0 Å². The number of imidazole rings is 1. The molecule has 0 aliphatic heterocycles. The fourth-order valence-electron chi connectivity index (χ4n) is 5.46. The Labute approximate surface area is 112 Å². The Kier molecular flexibility index (Phi) is 2.19. The summed E-state index contributed by atoms with van der Waals surface area (Å²) >= 11 is 0. The molecule has 1 aromatic rings. The van der Waals surface area contributed by atoms with Gasteiger partial charge in [-0.15, -0.1) is 0 Å². The lowest BCUT2D eigenvalue weighted by Gasteiger charge is -2.57. The second kappa shape index (κ2) is 3.62. The minimum Gasteiger partial charge on any atom is -0.476 e. The number of hydrogen-bond donors (Lipinski definition) is 1. The van der Waals surface area contributed by atoms with Crippen LogP contribution in [-0.4, -0.2) is 20.6 Å². The maximum absolute atomic E-state index is 11.2. The van der Waals surface area contributed by atoms with Gasteiger partial charge in [0.25, 0.3) is 0 Å². The second-order valence-electron chi connectivity index (χ2n) is 7.00.